The van der Waals surface area contributed by atoms with E-state index in [1.165, 1.54) is 24.0 Å². The fourth-order valence-electron chi connectivity index (χ4n) is 4.41. The SMILES string of the molecule is Cc1ccc(C(CNC(=O)N2CCN(C(=O)c3ccc(C)o3)CC2)N2CCCC2)cc1. The molecular weight excluding hydrogens is 392 g/mol. The number of amides is 3. The lowest BCUT2D eigenvalue weighted by Crippen LogP contribution is -2.53. The smallest absolute Gasteiger partial charge is 0.317 e. The van der Waals surface area contributed by atoms with Crippen molar-refractivity contribution in [2.75, 3.05) is 45.8 Å². The summed E-state index contributed by atoms with van der Waals surface area (Å²) < 4.78 is 5.45. The predicted octanol–water partition coefficient (Wildman–Crippen LogP) is 3.20. The normalized spacial score (nSPS) is 18.3. The number of nitrogens with zero attached hydrogens (tertiary/aromatic N) is 3. The van der Waals surface area contributed by atoms with Gasteiger partial charge in [-0.1, -0.05) is 29.8 Å². The van der Waals surface area contributed by atoms with E-state index in [1.54, 1.807) is 21.9 Å². The summed E-state index contributed by atoms with van der Waals surface area (Å²) in [6.07, 6.45) is 2.42. The van der Waals surface area contributed by atoms with Crippen molar-refractivity contribution in [3.63, 3.8) is 0 Å². The molecule has 2 aliphatic rings. The first-order chi connectivity index (χ1) is 15.0. The molecule has 2 fully saturated rings. The van der Waals surface area contributed by atoms with E-state index in [2.05, 4.69) is 41.4 Å². The number of nitrogens with one attached hydrogen (secondary N) is 1. The number of carbonyl (C=O) groups is 2. The number of likely N-dealkylation sites (tertiary alicyclic amines) is 1. The van der Waals surface area contributed by atoms with Gasteiger partial charge < -0.3 is 19.5 Å². The summed E-state index contributed by atoms with van der Waals surface area (Å²) in [5, 5.41) is 3.14. The number of urea groups is 1. The molecule has 0 spiro atoms. The number of piperazine rings is 1. The largest absolute Gasteiger partial charge is 0.456 e. The lowest BCUT2D eigenvalue weighted by atomic mass is 10.0. The van der Waals surface area contributed by atoms with Gasteiger partial charge in [0.2, 0.25) is 0 Å². The van der Waals surface area contributed by atoms with E-state index < -0.39 is 0 Å². The molecule has 0 bridgehead atoms. The van der Waals surface area contributed by atoms with Gasteiger partial charge in [0, 0.05) is 32.7 Å². The summed E-state index contributed by atoms with van der Waals surface area (Å²) >= 11 is 0. The summed E-state index contributed by atoms with van der Waals surface area (Å²) in [5.41, 5.74) is 2.49. The van der Waals surface area contributed by atoms with E-state index in [0.717, 1.165) is 18.8 Å². The molecule has 0 saturated carbocycles. The van der Waals surface area contributed by atoms with Crippen molar-refractivity contribution in [1.82, 2.24) is 20.0 Å². The van der Waals surface area contributed by atoms with E-state index in [-0.39, 0.29) is 18.0 Å². The maximum absolute atomic E-state index is 12.8. The first-order valence-electron chi connectivity index (χ1n) is 11.2. The van der Waals surface area contributed by atoms with Crippen LogP contribution in [0.15, 0.2) is 40.8 Å². The van der Waals surface area contributed by atoms with Crippen molar-refractivity contribution < 1.29 is 14.0 Å². The van der Waals surface area contributed by atoms with Crippen LogP contribution in [-0.4, -0.2) is 72.5 Å². The molecule has 0 aliphatic carbocycles. The van der Waals surface area contributed by atoms with Crippen molar-refractivity contribution >= 4 is 11.9 Å². The Labute approximate surface area is 184 Å². The summed E-state index contributed by atoms with van der Waals surface area (Å²) in [4.78, 5) is 31.4. The zero-order valence-corrected chi connectivity index (χ0v) is 18.5. The molecule has 2 saturated heterocycles. The van der Waals surface area contributed by atoms with E-state index in [0.29, 0.717) is 38.5 Å². The molecule has 1 N–H and O–H groups in total. The van der Waals surface area contributed by atoms with E-state index in [9.17, 15) is 9.59 Å². The summed E-state index contributed by atoms with van der Waals surface area (Å²) in [7, 11) is 0. The molecule has 3 heterocycles. The number of furan rings is 1. The van der Waals surface area contributed by atoms with Crippen LogP contribution in [0.1, 0.15) is 46.3 Å². The zero-order chi connectivity index (χ0) is 21.8. The number of aryl methyl sites for hydroxylation is 2. The van der Waals surface area contributed by atoms with Gasteiger partial charge in [0.25, 0.3) is 5.91 Å². The second-order valence-electron chi connectivity index (χ2n) is 8.55. The number of carbonyl (C=O) groups excluding carboxylic acids is 2. The average molecular weight is 425 g/mol. The lowest BCUT2D eigenvalue weighted by Gasteiger charge is -2.35. The minimum atomic E-state index is -0.110. The van der Waals surface area contributed by atoms with Crippen LogP contribution < -0.4 is 5.32 Å². The second kappa shape index (κ2) is 9.56. The molecule has 1 aromatic heterocycles. The Kier molecular flexibility index (Phi) is 6.61. The molecular formula is C24H32N4O3. The van der Waals surface area contributed by atoms with Crippen molar-refractivity contribution in [2.45, 2.75) is 32.7 Å². The molecule has 1 atom stereocenters. The molecule has 7 heteroatoms. The van der Waals surface area contributed by atoms with Gasteiger partial charge in [-0.2, -0.15) is 0 Å². The first kappa shape index (κ1) is 21.4. The standard InChI is InChI=1S/C24H32N4O3/c1-18-5-8-20(9-6-18)21(26-11-3-4-12-26)17-25-24(30)28-15-13-27(14-16-28)23(29)22-10-7-19(2)31-22/h5-10,21H,3-4,11-17H2,1-2H3,(H,25,30). The molecule has 4 rings (SSSR count). The molecule has 1 unspecified atom stereocenters. The van der Waals surface area contributed by atoms with Crippen molar-refractivity contribution in [3.8, 4) is 0 Å². The number of rotatable bonds is 5. The van der Waals surface area contributed by atoms with Crippen LogP contribution in [0.5, 0.6) is 0 Å². The maximum Gasteiger partial charge on any atom is 0.317 e. The van der Waals surface area contributed by atoms with Gasteiger partial charge in [0.1, 0.15) is 5.76 Å². The molecule has 166 valence electrons. The third-order valence-corrected chi connectivity index (χ3v) is 6.30. The number of hydrogen-bond acceptors (Lipinski definition) is 4. The zero-order valence-electron chi connectivity index (χ0n) is 18.5. The fraction of sp³-hybridized carbons (Fsp3) is 0.500. The molecule has 3 amide bonds. The summed E-state index contributed by atoms with van der Waals surface area (Å²) in [6, 6.07) is 12.3. The quantitative estimate of drug-likeness (QED) is 0.800. The monoisotopic (exact) mass is 424 g/mol. The van der Waals surface area contributed by atoms with Gasteiger partial charge in [-0.15, -0.1) is 0 Å². The molecule has 1 aromatic carbocycles. The molecule has 7 nitrogen and oxygen atoms in total. The Morgan fingerprint density at radius 3 is 2.16 bits per heavy atom. The fourth-order valence-corrected chi connectivity index (χ4v) is 4.41. The van der Waals surface area contributed by atoms with Crippen molar-refractivity contribution in [3.05, 3.63) is 59.0 Å². The minimum Gasteiger partial charge on any atom is -0.456 e. The van der Waals surface area contributed by atoms with Gasteiger partial charge >= 0.3 is 6.03 Å². The molecule has 31 heavy (non-hydrogen) atoms. The van der Waals surface area contributed by atoms with E-state index in [1.807, 2.05) is 6.92 Å². The Morgan fingerprint density at radius 1 is 0.903 bits per heavy atom. The lowest BCUT2D eigenvalue weighted by molar-refractivity contribution is 0.0631. The highest BCUT2D eigenvalue weighted by molar-refractivity contribution is 5.91. The Hall–Kier alpha value is -2.80. The van der Waals surface area contributed by atoms with Crippen LogP contribution in [0.4, 0.5) is 4.79 Å². The molecule has 0 radical (unpaired) electrons. The predicted molar refractivity (Wildman–Crippen MR) is 119 cm³/mol. The van der Waals surface area contributed by atoms with Gasteiger partial charge in [-0.3, -0.25) is 9.69 Å². The van der Waals surface area contributed by atoms with E-state index >= 15 is 0 Å². The third-order valence-electron chi connectivity index (χ3n) is 6.30. The number of hydrogen-bond donors (Lipinski definition) is 1. The van der Waals surface area contributed by atoms with Crippen LogP contribution in [0, 0.1) is 13.8 Å². The van der Waals surface area contributed by atoms with Crippen molar-refractivity contribution in [1.29, 1.82) is 0 Å². The third kappa shape index (κ3) is 5.10. The van der Waals surface area contributed by atoms with Crippen LogP contribution in [0.3, 0.4) is 0 Å². The van der Waals surface area contributed by atoms with Crippen LogP contribution in [0.2, 0.25) is 0 Å². The highest BCUT2D eigenvalue weighted by atomic mass is 16.3. The minimum absolute atomic E-state index is 0.0581. The highest BCUT2D eigenvalue weighted by Gasteiger charge is 2.28. The Balaban J connectivity index is 1.31. The van der Waals surface area contributed by atoms with Crippen LogP contribution in [0.25, 0.3) is 0 Å². The Bertz CT molecular complexity index is 894. The highest BCUT2D eigenvalue weighted by Crippen LogP contribution is 2.25. The number of benzene rings is 1. The van der Waals surface area contributed by atoms with Crippen molar-refractivity contribution in [2.24, 2.45) is 0 Å². The topological polar surface area (TPSA) is 69.0 Å². The summed E-state index contributed by atoms with van der Waals surface area (Å²) in [6.45, 7) is 8.72. The molecule has 2 aliphatic heterocycles. The van der Waals surface area contributed by atoms with Crippen LogP contribution >= 0.6 is 0 Å². The average Bonchev–Trinajstić information content (AvgIpc) is 3.47. The first-order valence-corrected chi connectivity index (χ1v) is 11.2. The van der Waals surface area contributed by atoms with E-state index in [4.69, 9.17) is 4.42 Å². The van der Waals surface area contributed by atoms with Gasteiger partial charge in [-0.05, 0) is 57.5 Å². The second-order valence-corrected chi connectivity index (χ2v) is 8.55. The summed E-state index contributed by atoms with van der Waals surface area (Å²) in [5.74, 6) is 0.978. The Morgan fingerprint density at radius 2 is 1.55 bits per heavy atom. The van der Waals surface area contributed by atoms with Crippen LogP contribution in [-0.2, 0) is 0 Å². The molecule has 2 aromatic rings. The van der Waals surface area contributed by atoms with Gasteiger partial charge in [-0.25, -0.2) is 4.79 Å². The van der Waals surface area contributed by atoms with Gasteiger partial charge in [0.05, 0.1) is 6.04 Å². The van der Waals surface area contributed by atoms with Gasteiger partial charge in [0.15, 0.2) is 5.76 Å². The maximum atomic E-state index is 12.8.